The number of para-hydroxylation sites is 1. The third-order valence-corrected chi connectivity index (χ3v) is 2.52. The maximum absolute atomic E-state index is 11.9. The number of aryl methyl sites for hydroxylation is 1. The van der Waals surface area contributed by atoms with Gasteiger partial charge in [-0.2, -0.15) is 0 Å². The van der Waals surface area contributed by atoms with Crippen molar-refractivity contribution in [3.8, 4) is 5.75 Å². The standard InChI is InChI=1S/C15H14O2/c1-2-12-7-6-8-13(11-12)15(16)17-14-9-4-3-5-10-14/h3-11H,2H2,1H3. The van der Waals surface area contributed by atoms with E-state index in [1.54, 1.807) is 18.2 Å². The van der Waals surface area contributed by atoms with Gasteiger partial charge in [0.25, 0.3) is 0 Å². The van der Waals surface area contributed by atoms with Gasteiger partial charge in [0.05, 0.1) is 5.56 Å². The smallest absolute Gasteiger partial charge is 0.343 e. The molecule has 17 heavy (non-hydrogen) atoms. The fraction of sp³-hybridized carbons (Fsp3) is 0.133. The minimum absolute atomic E-state index is 0.313. The Morgan fingerprint density at radius 1 is 1.06 bits per heavy atom. The molecule has 2 aromatic rings. The van der Waals surface area contributed by atoms with Crippen molar-refractivity contribution < 1.29 is 9.53 Å². The van der Waals surface area contributed by atoms with Crippen LogP contribution in [0.2, 0.25) is 0 Å². The van der Waals surface area contributed by atoms with Gasteiger partial charge in [-0.05, 0) is 36.2 Å². The molecule has 2 heteroatoms. The highest BCUT2D eigenvalue weighted by Gasteiger charge is 2.08. The number of rotatable bonds is 3. The van der Waals surface area contributed by atoms with E-state index in [0.29, 0.717) is 11.3 Å². The van der Waals surface area contributed by atoms with E-state index in [2.05, 4.69) is 6.92 Å². The van der Waals surface area contributed by atoms with Gasteiger partial charge in [-0.15, -0.1) is 0 Å². The molecule has 0 radical (unpaired) electrons. The van der Waals surface area contributed by atoms with Crippen LogP contribution in [0.15, 0.2) is 54.6 Å². The Balaban J connectivity index is 2.14. The molecule has 86 valence electrons. The van der Waals surface area contributed by atoms with Crippen molar-refractivity contribution in [1.82, 2.24) is 0 Å². The highest BCUT2D eigenvalue weighted by molar-refractivity contribution is 5.91. The van der Waals surface area contributed by atoms with Crippen LogP contribution in [0.25, 0.3) is 0 Å². The average Bonchev–Trinajstić information content (AvgIpc) is 2.40. The van der Waals surface area contributed by atoms with Gasteiger partial charge in [-0.3, -0.25) is 0 Å². The molecule has 0 amide bonds. The molecule has 0 saturated carbocycles. The van der Waals surface area contributed by atoms with E-state index in [4.69, 9.17) is 4.74 Å². The highest BCUT2D eigenvalue weighted by Crippen LogP contribution is 2.13. The molecule has 0 bridgehead atoms. The van der Waals surface area contributed by atoms with Gasteiger partial charge < -0.3 is 4.74 Å². The van der Waals surface area contributed by atoms with Crippen LogP contribution < -0.4 is 4.74 Å². The fourth-order valence-electron chi connectivity index (χ4n) is 1.57. The number of benzene rings is 2. The summed E-state index contributed by atoms with van der Waals surface area (Å²) >= 11 is 0. The quantitative estimate of drug-likeness (QED) is 0.591. The van der Waals surface area contributed by atoms with Crippen LogP contribution in [0, 0.1) is 0 Å². The molecule has 0 N–H and O–H groups in total. The Morgan fingerprint density at radius 3 is 2.53 bits per heavy atom. The molecule has 0 atom stereocenters. The van der Waals surface area contributed by atoms with E-state index < -0.39 is 0 Å². The van der Waals surface area contributed by atoms with E-state index in [9.17, 15) is 4.79 Å². The zero-order valence-corrected chi connectivity index (χ0v) is 9.72. The largest absolute Gasteiger partial charge is 0.423 e. The van der Waals surface area contributed by atoms with E-state index >= 15 is 0 Å². The molecule has 0 heterocycles. The summed E-state index contributed by atoms with van der Waals surface area (Å²) in [6, 6.07) is 16.6. The third-order valence-electron chi connectivity index (χ3n) is 2.52. The number of esters is 1. The van der Waals surface area contributed by atoms with Gasteiger partial charge in [0, 0.05) is 0 Å². The molecular weight excluding hydrogens is 212 g/mol. The second-order valence-corrected chi connectivity index (χ2v) is 3.76. The van der Waals surface area contributed by atoms with Gasteiger partial charge in [0.2, 0.25) is 0 Å². The maximum atomic E-state index is 11.9. The second kappa shape index (κ2) is 5.30. The maximum Gasteiger partial charge on any atom is 0.343 e. The van der Waals surface area contributed by atoms with Gasteiger partial charge in [-0.1, -0.05) is 37.3 Å². The number of ether oxygens (including phenoxy) is 1. The Kier molecular flexibility index (Phi) is 3.55. The lowest BCUT2D eigenvalue weighted by Gasteiger charge is -2.05. The normalized spacial score (nSPS) is 9.94. The summed E-state index contributed by atoms with van der Waals surface area (Å²) in [6.07, 6.45) is 0.909. The van der Waals surface area contributed by atoms with Gasteiger partial charge >= 0.3 is 5.97 Å². The van der Waals surface area contributed by atoms with Crippen molar-refractivity contribution in [2.75, 3.05) is 0 Å². The Morgan fingerprint density at radius 2 is 1.82 bits per heavy atom. The van der Waals surface area contributed by atoms with Crippen LogP contribution in [0.4, 0.5) is 0 Å². The van der Waals surface area contributed by atoms with Crippen LogP contribution in [-0.4, -0.2) is 5.97 Å². The van der Waals surface area contributed by atoms with Crippen molar-refractivity contribution >= 4 is 5.97 Å². The minimum atomic E-state index is -0.313. The van der Waals surface area contributed by atoms with Gasteiger partial charge in [-0.25, -0.2) is 4.79 Å². The molecule has 0 aliphatic rings. The molecule has 0 aliphatic carbocycles. The molecule has 2 rings (SSSR count). The molecule has 0 aliphatic heterocycles. The summed E-state index contributed by atoms with van der Waals surface area (Å²) in [5.74, 6) is 0.255. The zero-order chi connectivity index (χ0) is 12.1. The van der Waals surface area contributed by atoms with Crippen LogP contribution in [-0.2, 0) is 6.42 Å². The van der Waals surface area contributed by atoms with Gasteiger partial charge in [0.15, 0.2) is 0 Å². The zero-order valence-electron chi connectivity index (χ0n) is 9.72. The number of hydrogen-bond acceptors (Lipinski definition) is 2. The Labute approximate surface area is 101 Å². The summed E-state index contributed by atoms with van der Waals surface area (Å²) in [5.41, 5.74) is 1.72. The predicted octanol–water partition coefficient (Wildman–Crippen LogP) is 3.47. The number of hydrogen-bond donors (Lipinski definition) is 0. The average molecular weight is 226 g/mol. The summed E-state index contributed by atoms with van der Waals surface area (Å²) in [7, 11) is 0. The monoisotopic (exact) mass is 226 g/mol. The van der Waals surface area contributed by atoms with Crippen molar-refractivity contribution in [3.63, 3.8) is 0 Å². The first-order valence-electron chi connectivity index (χ1n) is 5.66. The first-order chi connectivity index (χ1) is 8.29. The van der Waals surface area contributed by atoms with E-state index in [1.807, 2.05) is 36.4 Å². The van der Waals surface area contributed by atoms with E-state index in [1.165, 1.54) is 0 Å². The lowest BCUT2D eigenvalue weighted by molar-refractivity contribution is 0.0734. The Hall–Kier alpha value is -2.09. The SMILES string of the molecule is CCc1cccc(C(=O)Oc2ccccc2)c1. The summed E-state index contributed by atoms with van der Waals surface area (Å²) in [5, 5.41) is 0. The highest BCUT2D eigenvalue weighted by atomic mass is 16.5. The van der Waals surface area contributed by atoms with Crippen LogP contribution in [0.5, 0.6) is 5.75 Å². The van der Waals surface area contributed by atoms with E-state index in [-0.39, 0.29) is 5.97 Å². The summed E-state index contributed by atoms with van der Waals surface area (Å²) in [4.78, 5) is 11.9. The van der Waals surface area contributed by atoms with Crippen LogP contribution >= 0.6 is 0 Å². The first kappa shape index (κ1) is 11.4. The molecule has 0 fully saturated rings. The molecule has 2 nitrogen and oxygen atoms in total. The van der Waals surface area contributed by atoms with Crippen molar-refractivity contribution in [3.05, 3.63) is 65.7 Å². The first-order valence-corrected chi connectivity index (χ1v) is 5.66. The summed E-state index contributed by atoms with van der Waals surface area (Å²) < 4.78 is 5.26. The molecule has 0 saturated heterocycles. The molecule has 2 aromatic carbocycles. The third kappa shape index (κ3) is 2.94. The van der Waals surface area contributed by atoms with Crippen LogP contribution in [0.1, 0.15) is 22.8 Å². The number of carbonyl (C=O) groups is 1. The molecule has 0 spiro atoms. The topological polar surface area (TPSA) is 26.3 Å². The second-order valence-electron chi connectivity index (χ2n) is 3.76. The minimum Gasteiger partial charge on any atom is -0.423 e. The van der Waals surface area contributed by atoms with Crippen molar-refractivity contribution in [1.29, 1.82) is 0 Å². The van der Waals surface area contributed by atoms with Crippen LogP contribution in [0.3, 0.4) is 0 Å². The molecule has 0 aromatic heterocycles. The predicted molar refractivity (Wildman–Crippen MR) is 67.2 cm³/mol. The molecule has 0 unspecified atom stereocenters. The van der Waals surface area contributed by atoms with Crippen molar-refractivity contribution in [2.45, 2.75) is 13.3 Å². The van der Waals surface area contributed by atoms with Gasteiger partial charge in [0.1, 0.15) is 5.75 Å². The van der Waals surface area contributed by atoms with Crippen molar-refractivity contribution in [2.24, 2.45) is 0 Å². The summed E-state index contributed by atoms with van der Waals surface area (Å²) in [6.45, 7) is 2.06. The van der Waals surface area contributed by atoms with E-state index in [0.717, 1.165) is 12.0 Å². The fourth-order valence-corrected chi connectivity index (χ4v) is 1.57. The lowest BCUT2D eigenvalue weighted by Crippen LogP contribution is -2.08. The number of carbonyl (C=O) groups excluding carboxylic acids is 1. The lowest BCUT2D eigenvalue weighted by atomic mass is 10.1. The Bertz CT molecular complexity index is 503. The molecular formula is C15H14O2.